The van der Waals surface area contributed by atoms with Crippen molar-refractivity contribution in [1.29, 1.82) is 0 Å². The zero-order chi connectivity index (χ0) is 16.5. The van der Waals surface area contributed by atoms with Crippen LogP contribution in [0.1, 0.15) is 17.1 Å². The molecule has 0 saturated heterocycles. The van der Waals surface area contributed by atoms with E-state index < -0.39 is 0 Å². The number of benzene rings is 1. The highest BCUT2D eigenvalue weighted by Gasteiger charge is 2.20. The van der Waals surface area contributed by atoms with Crippen LogP contribution >= 0.6 is 0 Å². The van der Waals surface area contributed by atoms with Crippen molar-refractivity contribution in [3.8, 4) is 23.0 Å². The second-order valence-electron chi connectivity index (χ2n) is 5.86. The fraction of sp³-hybridized carbons (Fsp3) is 0.294. The van der Waals surface area contributed by atoms with Crippen molar-refractivity contribution in [2.75, 3.05) is 13.6 Å². The number of likely N-dealkylation sites (N-methyl/N-ethyl adjacent to an activating group) is 1. The lowest BCUT2D eigenvalue weighted by atomic mass is 10.1. The molecular formula is C17H17N5O2. The third-order valence-electron chi connectivity index (χ3n) is 4.01. The summed E-state index contributed by atoms with van der Waals surface area (Å²) in [6, 6.07) is 7.56. The summed E-state index contributed by atoms with van der Waals surface area (Å²) in [5, 5.41) is 3.91. The molecule has 3 heterocycles. The van der Waals surface area contributed by atoms with Crippen LogP contribution in [0.15, 0.2) is 35.1 Å². The quantitative estimate of drug-likeness (QED) is 0.733. The van der Waals surface area contributed by atoms with Gasteiger partial charge in [-0.3, -0.25) is 0 Å². The van der Waals surface area contributed by atoms with Gasteiger partial charge in [-0.2, -0.15) is 4.98 Å². The number of hydrogen-bond donors (Lipinski definition) is 0. The van der Waals surface area contributed by atoms with E-state index in [1.54, 1.807) is 13.3 Å². The van der Waals surface area contributed by atoms with E-state index in [1.165, 1.54) is 0 Å². The number of aryl methyl sites for hydroxylation is 1. The first-order valence-electron chi connectivity index (χ1n) is 7.79. The maximum Gasteiger partial charge on any atom is 0.227 e. The molecule has 0 saturated carbocycles. The molecule has 0 N–H and O–H groups in total. The molecule has 1 aliphatic rings. The monoisotopic (exact) mass is 323 g/mol. The molecule has 0 radical (unpaired) electrons. The average Bonchev–Trinajstić information content (AvgIpc) is 3.03. The Hall–Kier alpha value is -2.80. The summed E-state index contributed by atoms with van der Waals surface area (Å²) < 4.78 is 11.0. The molecule has 3 aromatic rings. The minimum atomic E-state index is 0.544. The summed E-state index contributed by atoms with van der Waals surface area (Å²) in [4.78, 5) is 15.1. The molecule has 24 heavy (non-hydrogen) atoms. The smallest absolute Gasteiger partial charge is 0.227 e. The van der Waals surface area contributed by atoms with Gasteiger partial charge in [0.25, 0.3) is 0 Å². The summed E-state index contributed by atoms with van der Waals surface area (Å²) in [6.07, 6.45) is 2.48. The van der Waals surface area contributed by atoms with Crippen LogP contribution in [0.5, 0.6) is 11.6 Å². The zero-order valence-electron chi connectivity index (χ0n) is 13.6. The van der Waals surface area contributed by atoms with Crippen molar-refractivity contribution >= 4 is 0 Å². The number of ether oxygens (including phenoxy) is 1. The number of fused-ring (bicyclic) bond motifs is 1. The summed E-state index contributed by atoms with van der Waals surface area (Å²) >= 11 is 0. The largest absolute Gasteiger partial charge is 0.439 e. The Kier molecular flexibility index (Phi) is 3.70. The third-order valence-corrected chi connectivity index (χ3v) is 4.01. The predicted octanol–water partition coefficient (Wildman–Crippen LogP) is 2.62. The van der Waals surface area contributed by atoms with E-state index in [9.17, 15) is 0 Å². The Labute approximate surface area is 139 Å². The molecule has 2 aromatic heterocycles. The van der Waals surface area contributed by atoms with Crippen molar-refractivity contribution in [1.82, 2.24) is 25.0 Å². The Bertz CT molecular complexity index is 860. The summed E-state index contributed by atoms with van der Waals surface area (Å²) in [5.74, 6) is 2.45. The first kappa shape index (κ1) is 14.8. The maximum atomic E-state index is 5.98. The Morgan fingerprint density at radius 2 is 2.00 bits per heavy atom. The van der Waals surface area contributed by atoms with E-state index in [0.717, 1.165) is 36.3 Å². The van der Waals surface area contributed by atoms with Crippen LogP contribution in [-0.4, -0.2) is 38.6 Å². The molecule has 0 amide bonds. The Morgan fingerprint density at radius 3 is 2.75 bits per heavy atom. The molecule has 4 rings (SSSR count). The molecule has 0 aliphatic carbocycles. The van der Waals surface area contributed by atoms with E-state index in [2.05, 4.69) is 32.1 Å². The maximum absolute atomic E-state index is 5.98. The van der Waals surface area contributed by atoms with Crippen molar-refractivity contribution in [3.05, 3.63) is 47.7 Å². The van der Waals surface area contributed by atoms with Gasteiger partial charge in [0.1, 0.15) is 12.1 Å². The van der Waals surface area contributed by atoms with Gasteiger partial charge in [-0.15, -0.1) is 0 Å². The Morgan fingerprint density at radius 1 is 1.17 bits per heavy atom. The minimum Gasteiger partial charge on any atom is -0.439 e. The van der Waals surface area contributed by atoms with E-state index in [0.29, 0.717) is 23.3 Å². The van der Waals surface area contributed by atoms with E-state index in [-0.39, 0.29) is 0 Å². The van der Waals surface area contributed by atoms with Crippen molar-refractivity contribution in [2.24, 2.45) is 0 Å². The highest BCUT2D eigenvalue weighted by atomic mass is 16.5. The fourth-order valence-electron chi connectivity index (χ4n) is 2.74. The molecule has 7 nitrogen and oxygen atoms in total. The van der Waals surface area contributed by atoms with Gasteiger partial charge in [0.15, 0.2) is 0 Å². The fourth-order valence-corrected chi connectivity index (χ4v) is 2.74. The molecule has 0 spiro atoms. The van der Waals surface area contributed by atoms with E-state index in [1.807, 2.05) is 24.3 Å². The molecule has 0 atom stereocenters. The number of rotatable bonds is 3. The van der Waals surface area contributed by atoms with Gasteiger partial charge < -0.3 is 14.2 Å². The summed E-state index contributed by atoms with van der Waals surface area (Å²) in [7, 11) is 2.08. The topological polar surface area (TPSA) is 77.2 Å². The molecular weight excluding hydrogens is 306 g/mol. The molecule has 122 valence electrons. The SMILES string of the molecule is Cc1nc(-c2ccc(Oc3ncnc4c3CN(C)CC4)cc2)no1. The lowest BCUT2D eigenvalue weighted by Gasteiger charge is -2.25. The van der Waals surface area contributed by atoms with Crippen LogP contribution in [0.25, 0.3) is 11.4 Å². The Balaban J connectivity index is 1.58. The lowest BCUT2D eigenvalue weighted by molar-refractivity contribution is 0.300. The van der Waals surface area contributed by atoms with Crippen LogP contribution in [0.2, 0.25) is 0 Å². The van der Waals surface area contributed by atoms with Crippen LogP contribution in [0.4, 0.5) is 0 Å². The van der Waals surface area contributed by atoms with Gasteiger partial charge >= 0.3 is 0 Å². The molecule has 0 unspecified atom stereocenters. The van der Waals surface area contributed by atoms with Gasteiger partial charge in [-0.25, -0.2) is 9.97 Å². The molecule has 0 bridgehead atoms. The highest BCUT2D eigenvalue weighted by molar-refractivity contribution is 5.55. The predicted molar refractivity (Wildman–Crippen MR) is 86.6 cm³/mol. The van der Waals surface area contributed by atoms with Crippen molar-refractivity contribution < 1.29 is 9.26 Å². The third kappa shape index (κ3) is 2.85. The van der Waals surface area contributed by atoms with E-state index in [4.69, 9.17) is 9.26 Å². The normalized spacial score (nSPS) is 14.4. The van der Waals surface area contributed by atoms with Crippen LogP contribution in [0, 0.1) is 6.92 Å². The van der Waals surface area contributed by atoms with Gasteiger partial charge in [-0.05, 0) is 31.3 Å². The second kappa shape index (κ2) is 6.01. The van der Waals surface area contributed by atoms with Crippen LogP contribution < -0.4 is 4.74 Å². The molecule has 1 aliphatic heterocycles. The number of aromatic nitrogens is 4. The van der Waals surface area contributed by atoms with Crippen molar-refractivity contribution in [2.45, 2.75) is 19.9 Å². The highest BCUT2D eigenvalue weighted by Crippen LogP contribution is 2.29. The lowest BCUT2D eigenvalue weighted by Crippen LogP contribution is -2.27. The number of nitrogens with zero attached hydrogens (tertiary/aromatic N) is 5. The van der Waals surface area contributed by atoms with Crippen LogP contribution in [-0.2, 0) is 13.0 Å². The summed E-state index contributed by atoms with van der Waals surface area (Å²) in [6.45, 7) is 3.57. The molecule has 1 aromatic carbocycles. The summed E-state index contributed by atoms with van der Waals surface area (Å²) in [5.41, 5.74) is 3.00. The molecule has 0 fully saturated rings. The second-order valence-corrected chi connectivity index (χ2v) is 5.86. The average molecular weight is 323 g/mol. The zero-order valence-corrected chi connectivity index (χ0v) is 13.6. The van der Waals surface area contributed by atoms with Gasteiger partial charge in [-0.1, -0.05) is 5.16 Å². The minimum absolute atomic E-state index is 0.544. The first-order chi connectivity index (χ1) is 11.7. The first-order valence-corrected chi connectivity index (χ1v) is 7.79. The van der Waals surface area contributed by atoms with Crippen LogP contribution in [0.3, 0.4) is 0 Å². The van der Waals surface area contributed by atoms with Gasteiger partial charge in [0, 0.05) is 32.0 Å². The molecule has 7 heteroatoms. The van der Waals surface area contributed by atoms with E-state index >= 15 is 0 Å². The number of hydrogen-bond acceptors (Lipinski definition) is 7. The van der Waals surface area contributed by atoms with Gasteiger partial charge in [0.05, 0.1) is 11.3 Å². The van der Waals surface area contributed by atoms with Crippen molar-refractivity contribution in [3.63, 3.8) is 0 Å². The van der Waals surface area contributed by atoms with Gasteiger partial charge in [0.2, 0.25) is 17.6 Å². The standard InChI is InChI=1S/C17H17N5O2/c1-11-20-16(21-24-11)12-3-5-13(6-4-12)23-17-14-9-22(2)8-7-15(14)18-10-19-17/h3-6,10H,7-9H2,1-2H3.